The fourth-order valence-electron chi connectivity index (χ4n) is 1.89. The maximum absolute atomic E-state index is 11.5. The van der Waals surface area contributed by atoms with Gasteiger partial charge in [0.25, 0.3) is 0 Å². The molecule has 0 aliphatic carbocycles. The molecule has 0 N–H and O–H groups in total. The molecular weight excluding hydrogens is 250 g/mol. The molecule has 4 heteroatoms. The largest absolute Gasteiger partial charge is 0.461 e. The highest BCUT2D eigenvalue weighted by molar-refractivity contribution is 5.88. The van der Waals surface area contributed by atoms with Crippen LogP contribution in [0.3, 0.4) is 0 Å². The molecule has 0 unspecified atom stereocenters. The van der Waals surface area contributed by atoms with E-state index < -0.39 is 0 Å². The van der Waals surface area contributed by atoms with Crippen LogP contribution in [-0.2, 0) is 11.3 Å². The lowest BCUT2D eigenvalue weighted by Crippen LogP contribution is -2.24. The number of nitrogens with zero attached hydrogens (tertiary/aromatic N) is 1. The molecule has 1 heterocycles. The molecule has 2 rings (SSSR count). The smallest absolute Gasteiger partial charge is 0.245 e. The van der Waals surface area contributed by atoms with E-state index in [4.69, 9.17) is 4.42 Å². The zero-order valence-electron chi connectivity index (χ0n) is 10.5. The molecule has 0 aliphatic heterocycles. The van der Waals surface area contributed by atoms with Gasteiger partial charge in [0.15, 0.2) is 0 Å². The van der Waals surface area contributed by atoms with E-state index in [0.29, 0.717) is 6.54 Å². The summed E-state index contributed by atoms with van der Waals surface area (Å²) in [6, 6.07) is 7.85. The molecule has 96 valence electrons. The second-order valence-corrected chi connectivity index (χ2v) is 4.03. The Morgan fingerprint density at radius 3 is 2.78 bits per heavy atom. The monoisotopic (exact) mass is 265 g/mol. The quantitative estimate of drug-likeness (QED) is 0.798. The van der Waals surface area contributed by atoms with Gasteiger partial charge in [-0.2, -0.15) is 0 Å². The van der Waals surface area contributed by atoms with Gasteiger partial charge >= 0.3 is 0 Å². The number of fused-ring (bicyclic) bond motifs is 1. The van der Waals surface area contributed by atoms with Gasteiger partial charge < -0.3 is 9.32 Å². The second kappa shape index (κ2) is 5.74. The molecule has 0 aliphatic rings. The van der Waals surface area contributed by atoms with E-state index >= 15 is 0 Å². The highest BCUT2D eigenvalue weighted by Crippen LogP contribution is 2.26. The van der Waals surface area contributed by atoms with Crippen molar-refractivity contribution in [3.63, 3.8) is 0 Å². The third kappa shape index (κ3) is 2.57. The van der Waals surface area contributed by atoms with Gasteiger partial charge in [-0.05, 0) is 19.1 Å². The average Bonchev–Trinajstić information content (AvgIpc) is 2.65. The van der Waals surface area contributed by atoms with Crippen LogP contribution in [0, 0.1) is 6.92 Å². The lowest BCUT2D eigenvalue weighted by Gasteiger charge is -2.14. The second-order valence-electron chi connectivity index (χ2n) is 4.03. The van der Waals surface area contributed by atoms with Crippen LogP contribution in [0.1, 0.15) is 11.3 Å². The number of hydrogen-bond donors (Lipinski definition) is 0. The number of rotatable bonds is 3. The summed E-state index contributed by atoms with van der Waals surface area (Å²) in [5, 5.41) is 1.06. The first kappa shape index (κ1) is 14.3. The highest BCUT2D eigenvalue weighted by atomic mass is 35.5. The summed E-state index contributed by atoms with van der Waals surface area (Å²) in [5.74, 6) is 0.768. The number of furan rings is 1. The van der Waals surface area contributed by atoms with Crippen molar-refractivity contribution in [3.05, 3.63) is 48.2 Å². The fraction of sp³-hybridized carbons (Fsp3) is 0.214. The van der Waals surface area contributed by atoms with E-state index in [1.165, 1.54) is 6.08 Å². The zero-order chi connectivity index (χ0) is 12.4. The molecule has 3 nitrogen and oxygen atoms in total. The SMILES string of the molecule is C=CC(=O)N(C)Cc1c(C)oc2ccccc12.Cl. The van der Waals surface area contributed by atoms with Crippen molar-refractivity contribution in [2.24, 2.45) is 0 Å². The summed E-state index contributed by atoms with van der Waals surface area (Å²) >= 11 is 0. The van der Waals surface area contributed by atoms with Gasteiger partial charge in [-0.1, -0.05) is 24.8 Å². The number of aryl methyl sites for hydroxylation is 1. The van der Waals surface area contributed by atoms with Crippen LogP contribution in [-0.4, -0.2) is 17.9 Å². The van der Waals surface area contributed by atoms with Crippen molar-refractivity contribution < 1.29 is 9.21 Å². The molecule has 1 amide bonds. The van der Waals surface area contributed by atoms with E-state index in [9.17, 15) is 4.79 Å². The summed E-state index contributed by atoms with van der Waals surface area (Å²) in [5.41, 5.74) is 1.91. The third-order valence-corrected chi connectivity index (χ3v) is 2.85. The summed E-state index contributed by atoms with van der Waals surface area (Å²) in [6.07, 6.45) is 1.32. The van der Waals surface area contributed by atoms with E-state index in [-0.39, 0.29) is 18.3 Å². The van der Waals surface area contributed by atoms with Crippen LogP contribution in [0.5, 0.6) is 0 Å². The summed E-state index contributed by atoms with van der Waals surface area (Å²) < 4.78 is 5.65. The Labute approximate surface area is 112 Å². The number of likely N-dealkylation sites (N-methyl/N-ethyl adjacent to an activating group) is 1. The molecular formula is C14H16ClNO2. The highest BCUT2D eigenvalue weighted by Gasteiger charge is 2.13. The van der Waals surface area contributed by atoms with Crippen molar-refractivity contribution in [2.75, 3.05) is 7.05 Å². The molecule has 0 bridgehead atoms. The topological polar surface area (TPSA) is 33.5 Å². The van der Waals surface area contributed by atoms with Gasteiger partial charge in [-0.15, -0.1) is 12.4 Å². The molecule has 0 fully saturated rings. The molecule has 0 saturated carbocycles. The predicted molar refractivity (Wildman–Crippen MR) is 74.9 cm³/mol. The van der Waals surface area contributed by atoms with E-state index in [2.05, 4.69) is 6.58 Å². The van der Waals surface area contributed by atoms with Gasteiger partial charge in [0.2, 0.25) is 5.91 Å². The Kier molecular flexibility index (Phi) is 4.56. The Balaban J connectivity index is 0.00000162. The van der Waals surface area contributed by atoms with Crippen LogP contribution in [0.2, 0.25) is 0 Å². The van der Waals surface area contributed by atoms with Crippen molar-refractivity contribution >= 4 is 29.3 Å². The summed E-state index contributed by atoms with van der Waals surface area (Å²) in [4.78, 5) is 13.1. The van der Waals surface area contributed by atoms with Crippen molar-refractivity contribution in [1.82, 2.24) is 4.90 Å². The number of carbonyl (C=O) groups is 1. The van der Waals surface area contributed by atoms with Crippen molar-refractivity contribution in [2.45, 2.75) is 13.5 Å². The van der Waals surface area contributed by atoms with Gasteiger partial charge in [0.05, 0.1) is 0 Å². The maximum atomic E-state index is 11.5. The lowest BCUT2D eigenvalue weighted by atomic mass is 10.1. The number of halogens is 1. The lowest BCUT2D eigenvalue weighted by molar-refractivity contribution is -0.125. The van der Waals surface area contributed by atoms with E-state index in [1.54, 1.807) is 11.9 Å². The minimum atomic E-state index is -0.0883. The maximum Gasteiger partial charge on any atom is 0.245 e. The Morgan fingerprint density at radius 1 is 1.44 bits per heavy atom. The van der Waals surface area contributed by atoms with E-state index in [1.807, 2.05) is 31.2 Å². The molecule has 0 radical (unpaired) electrons. The van der Waals surface area contributed by atoms with Crippen LogP contribution in [0.15, 0.2) is 41.3 Å². The first-order valence-electron chi connectivity index (χ1n) is 5.48. The number of amides is 1. The predicted octanol–water partition coefficient (Wildman–Crippen LogP) is 3.31. The Morgan fingerprint density at radius 2 is 2.11 bits per heavy atom. The van der Waals surface area contributed by atoms with Gasteiger partial charge in [0, 0.05) is 24.5 Å². The Bertz CT molecular complexity index is 574. The van der Waals surface area contributed by atoms with Crippen LogP contribution in [0.4, 0.5) is 0 Å². The molecule has 1 aromatic carbocycles. The van der Waals surface area contributed by atoms with Crippen LogP contribution < -0.4 is 0 Å². The number of hydrogen-bond acceptors (Lipinski definition) is 2. The van der Waals surface area contributed by atoms with Gasteiger partial charge in [-0.3, -0.25) is 4.79 Å². The van der Waals surface area contributed by atoms with Gasteiger partial charge in [-0.25, -0.2) is 0 Å². The molecule has 18 heavy (non-hydrogen) atoms. The van der Waals surface area contributed by atoms with Crippen LogP contribution in [0.25, 0.3) is 11.0 Å². The minimum absolute atomic E-state index is 0. The van der Waals surface area contributed by atoms with Crippen LogP contribution >= 0.6 is 12.4 Å². The average molecular weight is 266 g/mol. The van der Waals surface area contributed by atoms with Gasteiger partial charge in [0.1, 0.15) is 11.3 Å². The minimum Gasteiger partial charge on any atom is -0.461 e. The van der Waals surface area contributed by atoms with E-state index in [0.717, 1.165) is 22.3 Å². The van der Waals surface area contributed by atoms with Crippen molar-refractivity contribution in [1.29, 1.82) is 0 Å². The zero-order valence-corrected chi connectivity index (χ0v) is 11.3. The molecule has 0 saturated heterocycles. The third-order valence-electron chi connectivity index (χ3n) is 2.85. The normalized spacial score (nSPS) is 9.89. The first-order valence-corrected chi connectivity index (χ1v) is 5.48. The molecule has 0 atom stereocenters. The number of para-hydroxylation sites is 1. The molecule has 1 aromatic heterocycles. The molecule has 0 spiro atoms. The molecule has 2 aromatic rings. The summed E-state index contributed by atoms with van der Waals surface area (Å²) in [6.45, 7) is 5.93. The first-order chi connectivity index (χ1) is 8.13. The fourth-order valence-corrected chi connectivity index (χ4v) is 1.89. The number of carbonyl (C=O) groups excluding carboxylic acids is 1. The standard InChI is InChI=1S/C14H15NO2.ClH/c1-4-14(16)15(3)9-12-10(2)17-13-8-6-5-7-11(12)13;/h4-8H,1,9H2,2-3H3;1H. The van der Waals surface area contributed by atoms with Crippen molar-refractivity contribution in [3.8, 4) is 0 Å². The number of benzene rings is 1. The Hall–Kier alpha value is -1.74. The summed E-state index contributed by atoms with van der Waals surface area (Å²) in [7, 11) is 1.76.